The summed E-state index contributed by atoms with van der Waals surface area (Å²) in [6.45, 7) is 11.4. The van der Waals surface area contributed by atoms with Crippen molar-refractivity contribution >= 4 is 5.96 Å². The molecule has 2 N–H and O–H groups in total. The molecule has 0 saturated heterocycles. The third-order valence-corrected chi connectivity index (χ3v) is 4.60. The normalized spacial score (nSPS) is 20.9. The molecule has 2 atom stereocenters. The van der Waals surface area contributed by atoms with Gasteiger partial charge in [0.1, 0.15) is 0 Å². The maximum Gasteiger partial charge on any atom is 0.191 e. The molecule has 0 spiro atoms. The molecular formula is C19H32N4. The molecule has 2 unspecified atom stereocenters. The van der Waals surface area contributed by atoms with Crippen molar-refractivity contribution in [1.29, 1.82) is 0 Å². The summed E-state index contributed by atoms with van der Waals surface area (Å²) in [5, 5.41) is 6.87. The van der Waals surface area contributed by atoms with Crippen LogP contribution in [-0.2, 0) is 13.1 Å². The van der Waals surface area contributed by atoms with Crippen molar-refractivity contribution in [2.24, 2.45) is 10.9 Å². The maximum absolute atomic E-state index is 4.79. The van der Waals surface area contributed by atoms with Crippen LogP contribution in [-0.4, -0.2) is 36.5 Å². The number of aliphatic imine (C=N–C) groups is 1. The summed E-state index contributed by atoms with van der Waals surface area (Å²) < 4.78 is 0. The lowest BCUT2D eigenvalue weighted by molar-refractivity contribution is 0.265. The van der Waals surface area contributed by atoms with Gasteiger partial charge in [0.25, 0.3) is 0 Å². The second-order valence-corrected chi connectivity index (χ2v) is 6.94. The van der Waals surface area contributed by atoms with Crippen molar-refractivity contribution in [2.75, 3.05) is 13.6 Å². The second kappa shape index (κ2) is 8.34. The van der Waals surface area contributed by atoms with Gasteiger partial charge in [-0.2, -0.15) is 0 Å². The molecule has 0 aliphatic heterocycles. The van der Waals surface area contributed by atoms with Crippen LogP contribution in [0.5, 0.6) is 0 Å². The summed E-state index contributed by atoms with van der Waals surface area (Å²) >= 11 is 0. The van der Waals surface area contributed by atoms with E-state index >= 15 is 0 Å². The molecule has 1 aromatic carbocycles. The Hall–Kier alpha value is -1.55. The molecular weight excluding hydrogens is 284 g/mol. The van der Waals surface area contributed by atoms with Gasteiger partial charge in [-0.1, -0.05) is 31.2 Å². The summed E-state index contributed by atoms with van der Waals surface area (Å²) in [5.41, 5.74) is 2.67. The fraction of sp³-hybridized carbons (Fsp3) is 0.632. The van der Waals surface area contributed by atoms with E-state index in [0.29, 0.717) is 12.1 Å². The number of rotatable bonds is 7. The van der Waals surface area contributed by atoms with Crippen LogP contribution in [0, 0.1) is 5.92 Å². The molecule has 1 aliphatic carbocycles. The minimum atomic E-state index is 0.543. The van der Waals surface area contributed by atoms with E-state index in [-0.39, 0.29) is 0 Å². The quantitative estimate of drug-likeness (QED) is 0.600. The van der Waals surface area contributed by atoms with Crippen molar-refractivity contribution in [3.63, 3.8) is 0 Å². The predicted molar refractivity (Wildman–Crippen MR) is 98.6 cm³/mol. The zero-order chi connectivity index (χ0) is 16.8. The molecule has 0 aromatic heterocycles. The smallest absolute Gasteiger partial charge is 0.191 e. The number of nitrogens with one attached hydrogen (secondary N) is 2. The Kier molecular flexibility index (Phi) is 6.46. The van der Waals surface area contributed by atoms with E-state index in [1.165, 1.54) is 17.5 Å². The van der Waals surface area contributed by atoms with Gasteiger partial charge in [-0.15, -0.1) is 0 Å². The molecule has 0 heterocycles. The molecule has 128 valence electrons. The van der Waals surface area contributed by atoms with E-state index in [2.05, 4.69) is 74.5 Å². The van der Waals surface area contributed by atoms with Crippen LogP contribution in [0.1, 0.15) is 45.2 Å². The first-order valence-corrected chi connectivity index (χ1v) is 8.83. The zero-order valence-electron chi connectivity index (χ0n) is 15.3. The Morgan fingerprint density at radius 3 is 2.52 bits per heavy atom. The van der Waals surface area contributed by atoms with Crippen molar-refractivity contribution in [3.05, 3.63) is 35.4 Å². The van der Waals surface area contributed by atoms with Gasteiger partial charge in [-0.25, -0.2) is 4.99 Å². The van der Waals surface area contributed by atoms with Gasteiger partial charge in [-0.3, -0.25) is 4.90 Å². The number of benzene rings is 1. The lowest BCUT2D eigenvalue weighted by Gasteiger charge is -2.22. The van der Waals surface area contributed by atoms with Crippen molar-refractivity contribution in [1.82, 2.24) is 15.5 Å². The largest absolute Gasteiger partial charge is 0.357 e. The molecule has 1 aliphatic rings. The highest BCUT2D eigenvalue weighted by atomic mass is 15.2. The standard InChI is InChI=1S/C19H32N4/c1-6-20-19(22-18-11-15(18)4)21-12-16-9-7-8-10-17(16)13-23(5)14(2)3/h7-10,14-15,18H,6,11-13H2,1-5H3,(H2,20,21,22). The lowest BCUT2D eigenvalue weighted by Crippen LogP contribution is -2.39. The molecule has 1 saturated carbocycles. The van der Waals surface area contributed by atoms with E-state index in [4.69, 9.17) is 4.99 Å². The molecule has 4 nitrogen and oxygen atoms in total. The zero-order valence-corrected chi connectivity index (χ0v) is 15.3. The first-order chi connectivity index (χ1) is 11.0. The second-order valence-electron chi connectivity index (χ2n) is 6.94. The Morgan fingerprint density at radius 2 is 1.96 bits per heavy atom. The molecule has 23 heavy (non-hydrogen) atoms. The van der Waals surface area contributed by atoms with E-state index in [1.807, 2.05) is 0 Å². The van der Waals surface area contributed by atoms with Gasteiger partial charge in [-0.05, 0) is 51.3 Å². The van der Waals surface area contributed by atoms with Crippen molar-refractivity contribution in [3.8, 4) is 0 Å². The summed E-state index contributed by atoms with van der Waals surface area (Å²) in [6.07, 6.45) is 1.25. The number of guanidine groups is 1. The van der Waals surface area contributed by atoms with Crippen LogP contribution < -0.4 is 10.6 Å². The Labute approximate surface area is 141 Å². The van der Waals surface area contributed by atoms with Gasteiger partial charge in [0.05, 0.1) is 6.54 Å². The molecule has 0 amide bonds. The first-order valence-electron chi connectivity index (χ1n) is 8.83. The molecule has 0 radical (unpaired) electrons. The van der Waals surface area contributed by atoms with Crippen LogP contribution in [0.25, 0.3) is 0 Å². The highest BCUT2D eigenvalue weighted by Gasteiger charge is 2.33. The minimum Gasteiger partial charge on any atom is -0.357 e. The van der Waals surface area contributed by atoms with E-state index in [9.17, 15) is 0 Å². The summed E-state index contributed by atoms with van der Waals surface area (Å²) in [5.74, 6) is 1.71. The van der Waals surface area contributed by atoms with Crippen molar-refractivity contribution < 1.29 is 0 Å². The first kappa shape index (κ1) is 17.8. The number of nitrogens with zero attached hydrogens (tertiary/aromatic N) is 2. The topological polar surface area (TPSA) is 39.7 Å². The highest BCUT2D eigenvalue weighted by Crippen LogP contribution is 2.28. The van der Waals surface area contributed by atoms with E-state index in [1.54, 1.807) is 0 Å². The molecule has 4 heteroatoms. The van der Waals surface area contributed by atoms with E-state index < -0.39 is 0 Å². The van der Waals surface area contributed by atoms with E-state index in [0.717, 1.165) is 31.5 Å². The number of hydrogen-bond donors (Lipinski definition) is 2. The Morgan fingerprint density at radius 1 is 1.30 bits per heavy atom. The third-order valence-electron chi connectivity index (χ3n) is 4.60. The SMILES string of the molecule is CCNC(=NCc1ccccc1CN(C)C(C)C)NC1CC1C. The van der Waals surface area contributed by atoms with Gasteiger partial charge in [0, 0.05) is 25.2 Å². The van der Waals surface area contributed by atoms with Crippen molar-refractivity contribution in [2.45, 2.75) is 59.3 Å². The van der Waals surface area contributed by atoms with Crippen LogP contribution in [0.4, 0.5) is 0 Å². The lowest BCUT2D eigenvalue weighted by atomic mass is 10.1. The predicted octanol–water partition coefficient (Wildman–Crippen LogP) is 2.99. The van der Waals surface area contributed by atoms with Gasteiger partial charge in [0.15, 0.2) is 5.96 Å². The highest BCUT2D eigenvalue weighted by molar-refractivity contribution is 5.80. The Balaban J connectivity index is 2.03. The average Bonchev–Trinajstić information content (AvgIpc) is 3.21. The van der Waals surface area contributed by atoms with Gasteiger partial charge < -0.3 is 10.6 Å². The number of hydrogen-bond acceptors (Lipinski definition) is 2. The fourth-order valence-corrected chi connectivity index (χ4v) is 2.50. The average molecular weight is 316 g/mol. The molecule has 2 rings (SSSR count). The summed E-state index contributed by atoms with van der Waals surface area (Å²) in [6, 6.07) is 9.76. The van der Waals surface area contributed by atoms with Gasteiger partial charge >= 0.3 is 0 Å². The molecule has 0 bridgehead atoms. The summed E-state index contributed by atoms with van der Waals surface area (Å²) in [4.78, 5) is 7.15. The fourth-order valence-electron chi connectivity index (χ4n) is 2.50. The Bertz CT molecular complexity index is 524. The molecule has 1 aromatic rings. The van der Waals surface area contributed by atoms with Gasteiger partial charge in [0.2, 0.25) is 0 Å². The monoisotopic (exact) mass is 316 g/mol. The van der Waals surface area contributed by atoms with Crippen LogP contribution in [0.3, 0.4) is 0 Å². The molecule has 1 fully saturated rings. The summed E-state index contributed by atoms with van der Waals surface area (Å²) in [7, 11) is 2.17. The third kappa shape index (κ3) is 5.54. The van der Waals surface area contributed by atoms with Crippen LogP contribution in [0.2, 0.25) is 0 Å². The van der Waals surface area contributed by atoms with Crippen LogP contribution >= 0.6 is 0 Å². The minimum absolute atomic E-state index is 0.543. The van der Waals surface area contributed by atoms with Crippen LogP contribution in [0.15, 0.2) is 29.3 Å². The maximum atomic E-state index is 4.79.